The van der Waals surface area contributed by atoms with Crippen LogP contribution in [0.15, 0.2) is 23.2 Å². The number of nitrogens with zero attached hydrogens (tertiary/aromatic N) is 2. The van der Waals surface area contributed by atoms with Gasteiger partial charge in [-0.05, 0) is 39.3 Å². The summed E-state index contributed by atoms with van der Waals surface area (Å²) in [6.45, 7) is 7.61. The molecule has 0 amide bonds. The number of hydrogen-bond donors (Lipinski definition) is 2. The van der Waals surface area contributed by atoms with E-state index in [4.69, 9.17) is 14.2 Å². The van der Waals surface area contributed by atoms with Gasteiger partial charge in [0.1, 0.15) is 0 Å². The van der Waals surface area contributed by atoms with E-state index in [0.29, 0.717) is 30.4 Å². The van der Waals surface area contributed by atoms with Gasteiger partial charge in [0.15, 0.2) is 17.5 Å². The molecule has 7 nitrogen and oxygen atoms in total. The zero-order valence-electron chi connectivity index (χ0n) is 18.0. The molecule has 0 aliphatic carbocycles. The van der Waals surface area contributed by atoms with Gasteiger partial charge in [0.2, 0.25) is 0 Å². The highest BCUT2D eigenvalue weighted by Gasteiger charge is 2.15. The molecule has 1 aromatic carbocycles. The first-order chi connectivity index (χ1) is 14.6. The average Bonchev–Trinajstić information content (AvgIpc) is 2.74. The van der Waals surface area contributed by atoms with Crippen molar-refractivity contribution < 1.29 is 23.0 Å². The Labute approximate surface area is 177 Å². The van der Waals surface area contributed by atoms with Gasteiger partial charge < -0.3 is 24.8 Å². The van der Waals surface area contributed by atoms with Gasteiger partial charge in [0.05, 0.1) is 26.4 Å². The maximum atomic E-state index is 12.9. The van der Waals surface area contributed by atoms with Crippen LogP contribution in [0.4, 0.5) is 8.78 Å². The molecule has 0 spiro atoms. The monoisotopic (exact) mass is 428 g/mol. The summed E-state index contributed by atoms with van der Waals surface area (Å²) in [4.78, 5) is 6.94. The summed E-state index contributed by atoms with van der Waals surface area (Å²) < 4.78 is 41.2. The second kappa shape index (κ2) is 14.0. The zero-order valence-corrected chi connectivity index (χ0v) is 18.0. The van der Waals surface area contributed by atoms with Crippen LogP contribution in [0.25, 0.3) is 0 Å². The number of aliphatic imine (C=N–C) groups is 1. The van der Waals surface area contributed by atoms with Crippen molar-refractivity contribution >= 4 is 5.96 Å². The molecule has 0 unspecified atom stereocenters. The lowest BCUT2D eigenvalue weighted by molar-refractivity contribution is -0.0520. The van der Waals surface area contributed by atoms with Crippen molar-refractivity contribution in [3.63, 3.8) is 0 Å². The third kappa shape index (κ3) is 8.71. The molecule has 30 heavy (non-hydrogen) atoms. The predicted octanol–water partition coefficient (Wildman–Crippen LogP) is 2.85. The third-order valence-corrected chi connectivity index (χ3v) is 4.62. The summed E-state index contributed by atoms with van der Waals surface area (Å²) in [6.07, 6.45) is 2.11. The van der Waals surface area contributed by atoms with Crippen LogP contribution >= 0.6 is 0 Å². The van der Waals surface area contributed by atoms with Crippen LogP contribution in [0.2, 0.25) is 0 Å². The number of rotatable bonds is 12. The molecule has 0 saturated carbocycles. The molecule has 2 N–H and O–H groups in total. The number of alkyl halides is 2. The number of nitrogens with one attached hydrogen (secondary N) is 2. The largest absolute Gasteiger partial charge is 0.490 e. The first-order valence-corrected chi connectivity index (χ1v) is 10.7. The van der Waals surface area contributed by atoms with E-state index in [2.05, 4.69) is 20.5 Å². The summed E-state index contributed by atoms with van der Waals surface area (Å²) in [5, 5.41) is 6.49. The molecule has 1 aliphatic heterocycles. The number of unbranched alkanes of at least 4 members (excludes halogenated alkanes) is 1. The van der Waals surface area contributed by atoms with Crippen molar-refractivity contribution in [3.05, 3.63) is 23.8 Å². The minimum Gasteiger partial charge on any atom is -0.490 e. The van der Waals surface area contributed by atoms with Crippen molar-refractivity contribution in [1.82, 2.24) is 15.5 Å². The highest BCUT2D eigenvalue weighted by molar-refractivity contribution is 5.79. The van der Waals surface area contributed by atoms with Gasteiger partial charge >= 0.3 is 6.61 Å². The Hall–Kier alpha value is -2.13. The molecule has 1 heterocycles. The highest BCUT2D eigenvalue weighted by Crippen LogP contribution is 2.33. The zero-order chi connectivity index (χ0) is 21.6. The molecule has 9 heteroatoms. The van der Waals surface area contributed by atoms with Gasteiger partial charge in [-0.15, -0.1) is 0 Å². The molecule has 0 atom stereocenters. The Morgan fingerprint density at radius 1 is 1.20 bits per heavy atom. The highest BCUT2D eigenvalue weighted by atomic mass is 19.3. The van der Waals surface area contributed by atoms with Gasteiger partial charge in [-0.1, -0.05) is 12.1 Å². The van der Waals surface area contributed by atoms with E-state index in [1.54, 1.807) is 25.1 Å². The summed E-state index contributed by atoms with van der Waals surface area (Å²) in [5.74, 6) is 0.986. The summed E-state index contributed by atoms with van der Waals surface area (Å²) in [6, 6.07) is 5.09. The van der Waals surface area contributed by atoms with E-state index in [9.17, 15) is 8.78 Å². The minimum absolute atomic E-state index is 0.0412. The van der Waals surface area contributed by atoms with E-state index in [0.717, 1.165) is 52.2 Å². The molecule has 0 radical (unpaired) electrons. The minimum atomic E-state index is -2.92. The lowest BCUT2D eigenvalue weighted by atomic mass is 10.2. The molecule has 170 valence electrons. The quantitative estimate of drug-likeness (QED) is 0.303. The normalized spacial score (nSPS) is 15.3. The number of guanidine groups is 1. The number of hydrogen-bond acceptors (Lipinski definition) is 5. The van der Waals surface area contributed by atoms with E-state index in [-0.39, 0.29) is 12.3 Å². The molecule has 1 aromatic rings. The van der Waals surface area contributed by atoms with E-state index >= 15 is 0 Å². The standard InChI is InChI=1S/C21H34F2N4O3/c1-3-24-21(25-10-5-6-11-27-12-14-28-15-13-27)26-16-17-8-7-9-18(29-4-2)19(17)30-20(22)23/h7-9,20H,3-6,10-16H2,1-2H3,(H2,24,25,26). The molecule has 1 fully saturated rings. The van der Waals surface area contributed by atoms with E-state index in [1.165, 1.54) is 0 Å². The first kappa shape index (κ1) is 24.1. The van der Waals surface area contributed by atoms with Crippen LogP contribution < -0.4 is 20.1 Å². The third-order valence-electron chi connectivity index (χ3n) is 4.62. The van der Waals surface area contributed by atoms with Crippen molar-refractivity contribution in [2.24, 2.45) is 4.99 Å². The molecule has 1 saturated heterocycles. The van der Waals surface area contributed by atoms with Gasteiger partial charge in [0, 0.05) is 31.7 Å². The Bertz CT molecular complexity index is 641. The van der Waals surface area contributed by atoms with Crippen LogP contribution in [-0.4, -0.2) is 70.0 Å². The number of halogens is 2. The maximum Gasteiger partial charge on any atom is 0.387 e. The predicted molar refractivity (Wildman–Crippen MR) is 114 cm³/mol. The van der Waals surface area contributed by atoms with Crippen molar-refractivity contribution in [2.75, 3.05) is 52.5 Å². The van der Waals surface area contributed by atoms with Crippen LogP contribution in [0, 0.1) is 0 Å². The van der Waals surface area contributed by atoms with E-state index in [1.807, 2.05) is 6.92 Å². The van der Waals surface area contributed by atoms with Crippen LogP contribution in [0.5, 0.6) is 11.5 Å². The van der Waals surface area contributed by atoms with Crippen LogP contribution in [-0.2, 0) is 11.3 Å². The fourth-order valence-electron chi connectivity index (χ4n) is 3.18. The number of ether oxygens (including phenoxy) is 3. The number of para-hydroxylation sites is 1. The summed E-state index contributed by atoms with van der Waals surface area (Å²) in [5.41, 5.74) is 0.547. The van der Waals surface area contributed by atoms with Gasteiger partial charge in [0.25, 0.3) is 0 Å². The fraction of sp³-hybridized carbons (Fsp3) is 0.667. The number of benzene rings is 1. The average molecular weight is 429 g/mol. The van der Waals surface area contributed by atoms with Gasteiger partial charge in [-0.3, -0.25) is 4.90 Å². The molecule has 2 rings (SSSR count). The molecular weight excluding hydrogens is 394 g/mol. The molecule has 0 aromatic heterocycles. The van der Waals surface area contributed by atoms with Crippen molar-refractivity contribution in [2.45, 2.75) is 39.8 Å². The second-order valence-corrected chi connectivity index (χ2v) is 6.84. The lowest BCUT2D eigenvalue weighted by Gasteiger charge is -2.26. The van der Waals surface area contributed by atoms with Gasteiger partial charge in [-0.2, -0.15) is 8.78 Å². The molecular formula is C21H34F2N4O3. The topological polar surface area (TPSA) is 67.4 Å². The summed E-state index contributed by atoms with van der Waals surface area (Å²) in [7, 11) is 0. The van der Waals surface area contributed by atoms with Crippen LogP contribution in [0.1, 0.15) is 32.3 Å². The van der Waals surface area contributed by atoms with E-state index < -0.39 is 6.61 Å². The Morgan fingerprint density at radius 2 is 2.00 bits per heavy atom. The van der Waals surface area contributed by atoms with Gasteiger partial charge in [-0.25, -0.2) is 4.99 Å². The Kier molecular flexibility index (Phi) is 11.2. The smallest absolute Gasteiger partial charge is 0.387 e. The van der Waals surface area contributed by atoms with Crippen molar-refractivity contribution in [1.29, 1.82) is 0 Å². The maximum absolute atomic E-state index is 12.9. The first-order valence-electron chi connectivity index (χ1n) is 10.7. The number of morpholine rings is 1. The molecule has 1 aliphatic rings. The Balaban J connectivity index is 1.89. The Morgan fingerprint density at radius 3 is 2.70 bits per heavy atom. The SMILES string of the molecule is CCNC(=NCc1cccc(OCC)c1OC(F)F)NCCCCN1CCOCC1. The van der Waals surface area contributed by atoms with Crippen molar-refractivity contribution in [3.8, 4) is 11.5 Å². The fourth-order valence-corrected chi connectivity index (χ4v) is 3.18. The lowest BCUT2D eigenvalue weighted by Crippen LogP contribution is -2.39. The molecule has 0 bridgehead atoms. The second-order valence-electron chi connectivity index (χ2n) is 6.84. The van der Waals surface area contributed by atoms with Crippen LogP contribution in [0.3, 0.4) is 0 Å². The summed E-state index contributed by atoms with van der Waals surface area (Å²) >= 11 is 0.